The summed E-state index contributed by atoms with van der Waals surface area (Å²) in [5, 5.41) is 3.51. The van der Waals surface area contributed by atoms with Crippen LogP contribution in [0.25, 0.3) is 0 Å². The predicted octanol–water partition coefficient (Wildman–Crippen LogP) is 5.86. The lowest BCUT2D eigenvalue weighted by Crippen LogP contribution is -2.54. The van der Waals surface area contributed by atoms with Gasteiger partial charge in [-0.2, -0.15) is 0 Å². The molecule has 4 aromatic rings. The Morgan fingerprint density at radius 2 is 1.51 bits per heavy atom. The molecule has 0 fully saturated rings. The largest absolute Gasteiger partial charge is 0.486 e. The van der Waals surface area contributed by atoms with E-state index in [0.29, 0.717) is 41.7 Å². The summed E-state index contributed by atoms with van der Waals surface area (Å²) in [7, 11) is -4.25. The molecule has 0 saturated heterocycles. The summed E-state index contributed by atoms with van der Waals surface area (Å²) in [5.74, 6) is -0.0503. The van der Waals surface area contributed by atoms with Gasteiger partial charge in [-0.15, -0.1) is 0 Å². The molecule has 2 unspecified atom stereocenters. The molecule has 0 bridgehead atoms. The van der Waals surface area contributed by atoms with Crippen molar-refractivity contribution in [3.05, 3.63) is 119 Å². The maximum absolute atomic E-state index is 14.6. The fourth-order valence-electron chi connectivity index (χ4n) is 5.26. The minimum absolute atomic E-state index is 0.0134. The zero-order valence-electron chi connectivity index (χ0n) is 26.3. The van der Waals surface area contributed by atoms with Crippen molar-refractivity contribution in [1.82, 2.24) is 10.2 Å². The van der Waals surface area contributed by atoms with E-state index < -0.39 is 28.5 Å². The summed E-state index contributed by atoms with van der Waals surface area (Å²) in [6.45, 7) is 3.98. The molecule has 246 valence electrons. The van der Waals surface area contributed by atoms with Crippen molar-refractivity contribution in [2.75, 3.05) is 24.1 Å². The fraction of sp³-hybridized carbons (Fsp3) is 0.278. The highest BCUT2D eigenvalue weighted by molar-refractivity contribution is 7.92. The quantitative estimate of drug-likeness (QED) is 0.190. The van der Waals surface area contributed by atoms with Crippen LogP contribution in [0.5, 0.6) is 11.5 Å². The van der Waals surface area contributed by atoms with Crippen LogP contribution < -0.4 is 19.1 Å². The van der Waals surface area contributed by atoms with Crippen LogP contribution in [-0.2, 0) is 32.6 Å². The van der Waals surface area contributed by atoms with Crippen LogP contribution in [0.2, 0.25) is 5.02 Å². The summed E-state index contributed by atoms with van der Waals surface area (Å²) < 4.78 is 40.9. The van der Waals surface area contributed by atoms with Crippen LogP contribution >= 0.6 is 11.6 Å². The van der Waals surface area contributed by atoms with Crippen LogP contribution in [-0.4, -0.2) is 57.0 Å². The van der Waals surface area contributed by atoms with Crippen molar-refractivity contribution < 1.29 is 27.5 Å². The smallest absolute Gasteiger partial charge is 0.264 e. The molecule has 0 aliphatic carbocycles. The van der Waals surface area contributed by atoms with Gasteiger partial charge < -0.3 is 19.7 Å². The Morgan fingerprint density at radius 3 is 2.19 bits per heavy atom. The third kappa shape index (κ3) is 8.44. The van der Waals surface area contributed by atoms with E-state index in [1.54, 1.807) is 54.6 Å². The van der Waals surface area contributed by atoms with Gasteiger partial charge in [0, 0.05) is 30.1 Å². The molecule has 47 heavy (non-hydrogen) atoms. The van der Waals surface area contributed by atoms with E-state index in [1.165, 1.54) is 17.0 Å². The first-order valence-corrected chi connectivity index (χ1v) is 17.3. The number of carbonyl (C=O) groups is 2. The predicted molar refractivity (Wildman–Crippen MR) is 182 cm³/mol. The summed E-state index contributed by atoms with van der Waals surface area (Å²) in [6, 6.07) is 28.0. The number of fused-ring (bicyclic) bond motifs is 1. The lowest BCUT2D eigenvalue weighted by Gasteiger charge is -2.34. The number of sulfonamides is 1. The number of rotatable bonds is 13. The van der Waals surface area contributed by atoms with Crippen molar-refractivity contribution >= 4 is 39.1 Å². The number of carbonyl (C=O) groups excluding carboxylic acids is 2. The molecule has 1 N–H and O–H groups in total. The lowest BCUT2D eigenvalue weighted by atomic mass is 10.0. The highest BCUT2D eigenvalue weighted by atomic mass is 35.5. The maximum atomic E-state index is 14.6. The van der Waals surface area contributed by atoms with E-state index in [0.717, 1.165) is 9.87 Å². The van der Waals surface area contributed by atoms with E-state index >= 15 is 0 Å². The molecule has 0 radical (unpaired) electrons. The van der Waals surface area contributed by atoms with Crippen LogP contribution in [0.4, 0.5) is 5.69 Å². The average Bonchev–Trinajstić information content (AvgIpc) is 3.09. The van der Waals surface area contributed by atoms with Crippen molar-refractivity contribution in [1.29, 1.82) is 0 Å². The highest BCUT2D eigenvalue weighted by Crippen LogP contribution is 2.36. The van der Waals surface area contributed by atoms with E-state index in [4.69, 9.17) is 21.1 Å². The van der Waals surface area contributed by atoms with Crippen molar-refractivity contribution in [3.63, 3.8) is 0 Å². The summed E-state index contributed by atoms with van der Waals surface area (Å²) in [4.78, 5) is 30.0. The van der Waals surface area contributed by atoms with Gasteiger partial charge in [-0.25, -0.2) is 8.42 Å². The molecule has 5 rings (SSSR count). The molecule has 0 aromatic heterocycles. The normalized spacial score (nSPS) is 13.7. The number of ether oxygens (including phenoxy) is 2. The number of anilines is 1. The van der Waals surface area contributed by atoms with Crippen molar-refractivity contribution in [2.45, 2.75) is 50.2 Å². The van der Waals surface area contributed by atoms with Gasteiger partial charge in [0.05, 0.1) is 10.6 Å². The van der Waals surface area contributed by atoms with Gasteiger partial charge in [-0.3, -0.25) is 13.9 Å². The summed E-state index contributed by atoms with van der Waals surface area (Å²) in [5.41, 5.74) is 1.76. The molecule has 1 aliphatic heterocycles. The van der Waals surface area contributed by atoms with E-state index in [2.05, 4.69) is 5.32 Å². The van der Waals surface area contributed by atoms with E-state index in [9.17, 15) is 18.0 Å². The molecule has 2 amide bonds. The maximum Gasteiger partial charge on any atom is 0.264 e. The van der Waals surface area contributed by atoms with Gasteiger partial charge in [0.15, 0.2) is 11.5 Å². The first-order valence-electron chi connectivity index (χ1n) is 15.5. The molecule has 1 aliphatic rings. The molecule has 1 heterocycles. The Morgan fingerprint density at radius 1 is 0.851 bits per heavy atom. The van der Waals surface area contributed by atoms with E-state index in [1.807, 2.05) is 50.2 Å². The molecule has 0 saturated carbocycles. The van der Waals surface area contributed by atoms with Crippen LogP contribution in [0.1, 0.15) is 31.4 Å². The number of halogens is 1. The number of nitrogens with one attached hydrogen (secondary N) is 1. The Hall–Kier alpha value is -4.54. The number of benzene rings is 4. The standard InChI is InChI=1S/C36H38ClN3O6S/c1-3-26(2)38-36(42)32(22-27-11-6-4-7-12-27)39(24-28-13-10-14-29(37)21-28)35(41)25-40(47(43,44)31-15-8-5-9-16-31)30-17-18-33-34(23-30)46-20-19-45-33/h4-18,21,23,26,32H,3,19-20,22,24-25H2,1-2H3,(H,38,42). The zero-order valence-corrected chi connectivity index (χ0v) is 27.9. The van der Waals surface area contributed by atoms with Gasteiger partial charge in [0.25, 0.3) is 10.0 Å². The van der Waals surface area contributed by atoms with Gasteiger partial charge in [0.1, 0.15) is 25.8 Å². The molecular weight excluding hydrogens is 638 g/mol. The van der Waals surface area contributed by atoms with Gasteiger partial charge in [0.2, 0.25) is 11.8 Å². The van der Waals surface area contributed by atoms with Crippen LogP contribution in [0, 0.1) is 0 Å². The second-order valence-corrected chi connectivity index (χ2v) is 13.6. The van der Waals surface area contributed by atoms with Crippen molar-refractivity contribution in [2.24, 2.45) is 0 Å². The van der Waals surface area contributed by atoms with Crippen LogP contribution in [0.15, 0.2) is 108 Å². The SMILES string of the molecule is CCC(C)NC(=O)C(Cc1ccccc1)N(Cc1cccc(Cl)c1)C(=O)CN(c1ccc2c(c1)OCCO2)S(=O)(=O)c1ccccc1. The van der Waals surface area contributed by atoms with E-state index in [-0.39, 0.29) is 35.5 Å². The Bertz CT molecular complexity index is 1790. The van der Waals surface area contributed by atoms with Crippen molar-refractivity contribution in [3.8, 4) is 11.5 Å². The first-order chi connectivity index (χ1) is 22.7. The Kier molecular flexibility index (Phi) is 11.1. The topological polar surface area (TPSA) is 105 Å². The number of hydrogen-bond acceptors (Lipinski definition) is 6. The zero-order chi connectivity index (χ0) is 33.4. The second kappa shape index (κ2) is 15.4. The van der Waals surface area contributed by atoms with Gasteiger partial charge >= 0.3 is 0 Å². The molecule has 9 nitrogen and oxygen atoms in total. The highest BCUT2D eigenvalue weighted by Gasteiger charge is 2.35. The number of amides is 2. The molecule has 4 aromatic carbocycles. The molecular formula is C36H38ClN3O6S. The van der Waals surface area contributed by atoms with Gasteiger partial charge in [-0.1, -0.05) is 79.2 Å². The monoisotopic (exact) mass is 675 g/mol. The summed E-state index contributed by atoms with van der Waals surface area (Å²) in [6.07, 6.45) is 0.907. The Balaban J connectivity index is 1.59. The first kappa shape index (κ1) is 33.8. The number of hydrogen-bond donors (Lipinski definition) is 1. The van der Waals surface area contributed by atoms with Crippen LogP contribution in [0.3, 0.4) is 0 Å². The Labute approximate surface area is 281 Å². The fourth-order valence-corrected chi connectivity index (χ4v) is 6.90. The third-order valence-corrected chi connectivity index (χ3v) is 9.96. The summed E-state index contributed by atoms with van der Waals surface area (Å²) >= 11 is 6.33. The second-order valence-electron chi connectivity index (χ2n) is 11.3. The molecule has 2 atom stereocenters. The molecule has 0 spiro atoms. The lowest BCUT2D eigenvalue weighted by molar-refractivity contribution is -0.140. The third-order valence-electron chi connectivity index (χ3n) is 7.94. The number of nitrogens with zero attached hydrogens (tertiary/aromatic N) is 2. The van der Waals surface area contributed by atoms with Gasteiger partial charge in [-0.05, 0) is 60.9 Å². The average molecular weight is 676 g/mol. The minimum atomic E-state index is -4.25. The minimum Gasteiger partial charge on any atom is -0.486 e. The molecule has 11 heteroatoms.